The standard InChI is InChI=1S/C18H34O2.C15H30O3.C2H6OS/c1-2-3-4-5-6-7-8-9-10-11-12-13-14-15-16-17-18(19)20;1-3-4-5-6-7-8-9-10-11-12-13-18-15(17)14(2)16;1-4(2)3/h9-10H,2-8,11-17H2,1H3,(H,19,20);14,16H,3-13H2,1-2H3;1-2H3. The summed E-state index contributed by atoms with van der Waals surface area (Å²) in [5.41, 5.74) is 0. The van der Waals surface area contributed by atoms with Crippen LogP contribution in [0, 0.1) is 0 Å². The number of carboxylic acid groups (broad SMARTS) is 1. The van der Waals surface area contributed by atoms with Gasteiger partial charge in [0.25, 0.3) is 0 Å². The molecule has 0 aliphatic carbocycles. The van der Waals surface area contributed by atoms with Crippen molar-refractivity contribution >= 4 is 22.7 Å². The zero-order chi connectivity index (χ0) is 32.1. The van der Waals surface area contributed by atoms with Crippen LogP contribution in [0.25, 0.3) is 0 Å². The number of hydrogen-bond donors (Lipinski definition) is 2. The first-order valence-corrected chi connectivity index (χ1v) is 19.1. The molecule has 6 nitrogen and oxygen atoms in total. The maximum absolute atomic E-state index is 10.9. The Labute approximate surface area is 263 Å². The minimum Gasteiger partial charge on any atom is -0.481 e. The molecule has 0 spiro atoms. The van der Waals surface area contributed by atoms with Crippen molar-refractivity contribution in [1.82, 2.24) is 0 Å². The molecule has 0 aliphatic heterocycles. The molecule has 252 valence electrons. The van der Waals surface area contributed by atoms with E-state index in [4.69, 9.17) is 14.9 Å². The molecule has 0 aromatic heterocycles. The summed E-state index contributed by atoms with van der Waals surface area (Å²) in [5.74, 6) is -1.17. The van der Waals surface area contributed by atoms with Gasteiger partial charge in [-0.3, -0.25) is 9.00 Å². The summed E-state index contributed by atoms with van der Waals surface area (Å²) in [5, 5.41) is 17.4. The number of carboxylic acids is 1. The Morgan fingerprint density at radius 2 is 0.976 bits per heavy atom. The van der Waals surface area contributed by atoms with Gasteiger partial charge in [0.1, 0.15) is 6.10 Å². The van der Waals surface area contributed by atoms with Gasteiger partial charge in [-0.2, -0.15) is 0 Å². The first-order valence-electron chi connectivity index (χ1n) is 17.1. The molecule has 0 aromatic carbocycles. The maximum atomic E-state index is 10.9. The third-order valence-electron chi connectivity index (χ3n) is 6.74. The van der Waals surface area contributed by atoms with Crippen molar-refractivity contribution in [2.75, 3.05) is 19.1 Å². The lowest BCUT2D eigenvalue weighted by Gasteiger charge is -2.06. The van der Waals surface area contributed by atoms with E-state index in [1.165, 1.54) is 129 Å². The Morgan fingerprint density at radius 3 is 1.33 bits per heavy atom. The summed E-state index contributed by atoms with van der Waals surface area (Å²) in [6, 6.07) is 0. The zero-order valence-electron chi connectivity index (χ0n) is 28.3. The molecular formula is C35H70O6S. The maximum Gasteiger partial charge on any atom is 0.334 e. The number of esters is 1. The van der Waals surface area contributed by atoms with Crippen LogP contribution in [0.2, 0.25) is 0 Å². The quantitative estimate of drug-likeness (QED) is 0.0540. The fourth-order valence-electron chi connectivity index (χ4n) is 4.23. The molecule has 0 amide bonds. The second-order valence-corrected chi connectivity index (χ2v) is 13.0. The van der Waals surface area contributed by atoms with E-state index in [2.05, 4.69) is 26.0 Å². The molecule has 0 bridgehead atoms. The second kappa shape index (κ2) is 39.8. The molecule has 42 heavy (non-hydrogen) atoms. The molecule has 7 heteroatoms. The van der Waals surface area contributed by atoms with E-state index in [9.17, 15) is 13.8 Å². The summed E-state index contributed by atoms with van der Waals surface area (Å²) < 4.78 is 14.4. The van der Waals surface area contributed by atoms with Crippen LogP contribution in [0.4, 0.5) is 0 Å². The molecular weight excluding hydrogens is 548 g/mol. The van der Waals surface area contributed by atoms with Crippen LogP contribution in [0.1, 0.15) is 175 Å². The number of carbonyl (C=O) groups excluding carboxylic acids is 1. The minimum atomic E-state index is -0.992. The molecule has 0 heterocycles. The topological polar surface area (TPSA) is 101 Å². The first kappa shape index (κ1) is 45.2. The van der Waals surface area contributed by atoms with Crippen LogP contribution in [0.3, 0.4) is 0 Å². The highest BCUT2D eigenvalue weighted by molar-refractivity contribution is 7.83. The highest BCUT2D eigenvalue weighted by Crippen LogP contribution is 2.11. The number of ether oxygens (including phenoxy) is 1. The van der Waals surface area contributed by atoms with E-state index < -0.39 is 28.8 Å². The Kier molecular flexibility index (Phi) is 42.8. The van der Waals surface area contributed by atoms with Crippen LogP contribution in [0.5, 0.6) is 0 Å². The van der Waals surface area contributed by atoms with Crippen molar-refractivity contribution in [3.8, 4) is 0 Å². The van der Waals surface area contributed by atoms with E-state index in [-0.39, 0.29) is 0 Å². The zero-order valence-corrected chi connectivity index (χ0v) is 29.2. The normalized spacial score (nSPS) is 11.5. The molecule has 0 fully saturated rings. The van der Waals surface area contributed by atoms with Crippen molar-refractivity contribution in [3.05, 3.63) is 12.2 Å². The van der Waals surface area contributed by atoms with E-state index >= 15 is 0 Å². The highest BCUT2D eigenvalue weighted by Gasteiger charge is 2.08. The third kappa shape index (κ3) is 51.5. The van der Waals surface area contributed by atoms with Gasteiger partial charge in [-0.1, -0.05) is 135 Å². The van der Waals surface area contributed by atoms with Crippen LogP contribution < -0.4 is 0 Å². The number of unbranched alkanes of at least 4 members (excludes halogenated alkanes) is 20. The molecule has 2 N–H and O–H groups in total. The number of hydrogen-bond acceptors (Lipinski definition) is 5. The lowest BCUT2D eigenvalue weighted by atomic mass is 10.1. The van der Waals surface area contributed by atoms with Gasteiger partial charge in [0.15, 0.2) is 0 Å². The Balaban J connectivity index is -0.000000644. The highest BCUT2D eigenvalue weighted by atomic mass is 32.2. The van der Waals surface area contributed by atoms with E-state index in [0.29, 0.717) is 13.0 Å². The van der Waals surface area contributed by atoms with Gasteiger partial charge in [0.2, 0.25) is 0 Å². The summed E-state index contributed by atoms with van der Waals surface area (Å²) in [6.07, 6.45) is 36.2. The van der Waals surface area contributed by atoms with Gasteiger partial charge in [0, 0.05) is 29.7 Å². The summed E-state index contributed by atoms with van der Waals surface area (Å²) >= 11 is 0. The summed E-state index contributed by atoms with van der Waals surface area (Å²) in [7, 11) is -0.611. The molecule has 0 aliphatic rings. The fourth-order valence-corrected chi connectivity index (χ4v) is 4.23. The fraction of sp³-hybridized carbons (Fsp3) is 0.886. The smallest absolute Gasteiger partial charge is 0.334 e. The molecule has 0 aromatic rings. The van der Waals surface area contributed by atoms with Gasteiger partial charge in [-0.05, 0) is 45.4 Å². The van der Waals surface area contributed by atoms with E-state index in [1.54, 1.807) is 12.5 Å². The number of allylic oxidation sites excluding steroid dienone is 2. The molecule has 1 atom stereocenters. The minimum absolute atomic E-state index is 0.332. The first-order chi connectivity index (χ1) is 20.2. The van der Waals surface area contributed by atoms with Crippen molar-refractivity contribution < 1.29 is 28.7 Å². The van der Waals surface area contributed by atoms with Crippen LogP contribution >= 0.6 is 0 Å². The molecule has 0 rings (SSSR count). The molecule has 1 unspecified atom stereocenters. The lowest BCUT2D eigenvalue weighted by molar-refractivity contribution is -0.152. The van der Waals surface area contributed by atoms with Crippen LogP contribution in [0.15, 0.2) is 12.2 Å². The monoisotopic (exact) mass is 618 g/mol. The Bertz CT molecular complexity index is 602. The predicted octanol–water partition coefficient (Wildman–Crippen LogP) is 9.93. The van der Waals surface area contributed by atoms with Crippen LogP contribution in [-0.4, -0.2) is 51.6 Å². The second-order valence-electron chi connectivity index (χ2n) is 11.5. The van der Waals surface area contributed by atoms with Crippen molar-refractivity contribution in [2.45, 2.75) is 181 Å². The summed E-state index contributed by atoms with van der Waals surface area (Å²) in [6.45, 7) is 6.38. The van der Waals surface area contributed by atoms with Gasteiger partial charge >= 0.3 is 11.9 Å². The van der Waals surface area contributed by atoms with Crippen molar-refractivity contribution in [3.63, 3.8) is 0 Å². The predicted molar refractivity (Wildman–Crippen MR) is 182 cm³/mol. The summed E-state index contributed by atoms with van der Waals surface area (Å²) in [4.78, 5) is 21.3. The SMILES string of the molecule is CCCCCCCCC=CCCCCCCCC(=O)O.CCCCCCCCCCCCOC(=O)C(C)O.CS(C)=O. The van der Waals surface area contributed by atoms with E-state index in [0.717, 1.165) is 25.7 Å². The van der Waals surface area contributed by atoms with Gasteiger partial charge < -0.3 is 14.9 Å². The third-order valence-corrected chi connectivity index (χ3v) is 6.74. The average molecular weight is 619 g/mol. The molecule has 0 saturated heterocycles. The Hall–Kier alpha value is -1.21. The van der Waals surface area contributed by atoms with Crippen LogP contribution in [-0.2, 0) is 25.1 Å². The van der Waals surface area contributed by atoms with Crippen molar-refractivity contribution in [2.24, 2.45) is 0 Å². The lowest BCUT2D eigenvalue weighted by Crippen LogP contribution is -2.19. The number of aliphatic hydroxyl groups is 1. The number of carbonyl (C=O) groups is 2. The van der Waals surface area contributed by atoms with Crippen molar-refractivity contribution in [1.29, 1.82) is 0 Å². The molecule has 0 saturated carbocycles. The van der Waals surface area contributed by atoms with Gasteiger partial charge in [-0.25, -0.2) is 4.79 Å². The number of rotatable bonds is 27. The molecule has 0 radical (unpaired) electrons. The number of aliphatic carboxylic acids is 1. The Morgan fingerprint density at radius 1 is 0.643 bits per heavy atom. The number of aliphatic hydroxyl groups excluding tert-OH is 1. The largest absolute Gasteiger partial charge is 0.481 e. The average Bonchev–Trinajstić information content (AvgIpc) is 2.93. The van der Waals surface area contributed by atoms with Gasteiger partial charge in [0.05, 0.1) is 6.61 Å². The van der Waals surface area contributed by atoms with Gasteiger partial charge in [-0.15, -0.1) is 0 Å². The van der Waals surface area contributed by atoms with E-state index in [1.807, 2.05) is 0 Å².